The standard InChI is InChI=1S/C13H20INO2S/c1-10(11-5-7-12(14)8-6-11)15-9-13(2,3)18(4,16)17/h5-8,10,15H,9H2,1-4H3. The number of nitrogens with one attached hydrogen (secondary N) is 1. The number of sulfone groups is 1. The lowest BCUT2D eigenvalue weighted by molar-refractivity contribution is 0.489. The summed E-state index contributed by atoms with van der Waals surface area (Å²) in [7, 11) is -3.05. The van der Waals surface area contributed by atoms with Gasteiger partial charge in [0.15, 0.2) is 9.84 Å². The average Bonchev–Trinajstić information content (AvgIpc) is 2.25. The van der Waals surface area contributed by atoms with Gasteiger partial charge in [-0.2, -0.15) is 0 Å². The van der Waals surface area contributed by atoms with Gasteiger partial charge in [-0.1, -0.05) is 12.1 Å². The number of halogens is 1. The number of hydrogen-bond acceptors (Lipinski definition) is 3. The maximum atomic E-state index is 11.6. The molecular weight excluding hydrogens is 361 g/mol. The predicted molar refractivity (Wildman–Crippen MR) is 84.5 cm³/mol. The van der Waals surface area contributed by atoms with Crippen LogP contribution in [-0.4, -0.2) is 26.0 Å². The zero-order chi connectivity index (χ0) is 14.0. The minimum atomic E-state index is -3.05. The normalized spacial score (nSPS) is 14.5. The second-order valence-corrected chi connectivity index (χ2v) is 9.08. The number of hydrogen-bond donors (Lipinski definition) is 1. The molecule has 5 heteroatoms. The Morgan fingerprint density at radius 2 is 1.78 bits per heavy atom. The van der Waals surface area contributed by atoms with Crippen molar-refractivity contribution in [2.75, 3.05) is 12.8 Å². The highest BCUT2D eigenvalue weighted by atomic mass is 127. The molecule has 1 aromatic rings. The van der Waals surface area contributed by atoms with Crippen molar-refractivity contribution in [3.63, 3.8) is 0 Å². The molecule has 0 aliphatic rings. The van der Waals surface area contributed by atoms with Crippen molar-refractivity contribution < 1.29 is 8.42 Å². The van der Waals surface area contributed by atoms with Crippen molar-refractivity contribution in [2.24, 2.45) is 0 Å². The number of benzene rings is 1. The highest BCUT2D eigenvalue weighted by Crippen LogP contribution is 2.18. The van der Waals surface area contributed by atoms with E-state index in [4.69, 9.17) is 0 Å². The second-order valence-electron chi connectivity index (χ2n) is 5.19. The fourth-order valence-corrected chi connectivity index (χ4v) is 2.10. The molecule has 3 nitrogen and oxygen atoms in total. The molecule has 0 aromatic heterocycles. The van der Waals surface area contributed by atoms with E-state index in [1.54, 1.807) is 13.8 Å². The van der Waals surface area contributed by atoms with Crippen LogP contribution in [0.3, 0.4) is 0 Å². The van der Waals surface area contributed by atoms with Crippen LogP contribution < -0.4 is 5.32 Å². The molecule has 0 bridgehead atoms. The Labute approximate surface area is 123 Å². The molecular formula is C13H20INO2S. The Hall–Kier alpha value is -0.140. The van der Waals surface area contributed by atoms with Crippen LogP contribution in [0.4, 0.5) is 0 Å². The van der Waals surface area contributed by atoms with E-state index in [-0.39, 0.29) is 6.04 Å². The lowest BCUT2D eigenvalue weighted by Crippen LogP contribution is -2.42. The Balaban J connectivity index is 2.67. The SMILES string of the molecule is CC(NCC(C)(C)S(C)(=O)=O)c1ccc(I)cc1. The maximum absolute atomic E-state index is 11.6. The molecule has 0 aliphatic heterocycles. The van der Waals surface area contributed by atoms with Gasteiger partial charge in [0.25, 0.3) is 0 Å². The Bertz CT molecular complexity index is 494. The summed E-state index contributed by atoms with van der Waals surface area (Å²) in [6, 6.07) is 8.37. The van der Waals surface area contributed by atoms with Crippen LogP contribution in [0.15, 0.2) is 24.3 Å². The van der Waals surface area contributed by atoms with Crippen LogP contribution in [0.25, 0.3) is 0 Å². The monoisotopic (exact) mass is 381 g/mol. The molecule has 0 saturated heterocycles. The van der Waals surface area contributed by atoms with Crippen LogP contribution >= 0.6 is 22.6 Å². The third-order valence-corrected chi connectivity index (χ3v) is 6.08. The first-order valence-electron chi connectivity index (χ1n) is 5.82. The molecule has 1 rings (SSSR count). The summed E-state index contributed by atoms with van der Waals surface area (Å²) in [6.45, 7) is 5.98. The third-order valence-electron chi connectivity index (χ3n) is 3.21. The van der Waals surface area contributed by atoms with E-state index in [1.807, 2.05) is 6.92 Å². The highest BCUT2D eigenvalue weighted by molar-refractivity contribution is 14.1. The molecule has 0 heterocycles. The first-order valence-corrected chi connectivity index (χ1v) is 8.79. The highest BCUT2D eigenvalue weighted by Gasteiger charge is 2.30. The molecule has 0 saturated carbocycles. The van der Waals surface area contributed by atoms with Crippen LogP contribution in [0, 0.1) is 3.57 Å². The summed E-state index contributed by atoms with van der Waals surface area (Å²) < 4.78 is 23.7. The van der Waals surface area contributed by atoms with E-state index in [2.05, 4.69) is 52.2 Å². The summed E-state index contributed by atoms with van der Waals surface area (Å²) in [5.74, 6) is 0. The molecule has 0 radical (unpaired) electrons. The first kappa shape index (κ1) is 15.9. The zero-order valence-corrected chi connectivity index (χ0v) is 14.2. The van der Waals surface area contributed by atoms with Gasteiger partial charge in [-0.25, -0.2) is 8.42 Å². The van der Waals surface area contributed by atoms with Gasteiger partial charge in [-0.3, -0.25) is 0 Å². The van der Waals surface area contributed by atoms with Crippen molar-refractivity contribution in [1.82, 2.24) is 5.32 Å². The average molecular weight is 381 g/mol. The minimum Gasteiger partial charge on any atom is -0.309 e. The van der Waals surface area contributed by atoms with Gasteiger partial charge in [0, 0.05) is 22.4 Å². The molecule has 1 N–H and O–H groups in total. The summed E-state index contributed by atoms with van der Waals surface area (Å²) in [4.78, 5) is 0. The Morgan fingerprint density at radius 1 is 1.28 bits per heavy atom. The summed E-state index contributed by atoms with van der Waals surface area (Å²) in [5, 5.41) is 3.28. The van der Waals surface area contributed by atoms with Crippen molar-refractivity contribution in [3.05, 3.63) is 33.4 Å². The molecule has 1 aromatic carbocycles. The van der Waals surface area contributed by atoms with Crippen molar-refractivity contribution in [3.8, 4) is 0 Å². The van der Waals surface area contributed by atoms with Gasteiger partial charge in [-0.05, 0) is 61.1 Å². The molecule has 18 heavy (non-hydrogen) atoms. The van der Waals surface area contributed by atoms with Crippen molar-refractivity contribution >= 4 is 32.4 Å². The quantitative estimate of drug-likeness (QED) is 0.798. The van der Waals surface area contributed by atoms with E-state index >= 15 is 0 Å². The number of rotatable bonds is 5. The van der Waals surface area contributed by atoms with E-state index < -0.39 is 14.6 Å². The fraction of sp³-hybridized carbons (Fsp3) is 0.538. The minimum absolute atomic E-state index is 0.142. The van der Waals surface area contributed by atoms with E-state index in [0.29, 0.717) is 6.54 Å². The van der Waals surface area contributed by atoms with Crippen LogP contribution in [0.1, 0.15) is 32.4 Å². The first-order chi connectivity index (χ1) is 8.13. The Morgan fingerprint density at radius 3 is 2.22 bits per heavy atom. The lowest BCUT2D eigenvalue weighted by atomic mass is 10.1. The Kier molecular flexibility index (Phi) is 5.20. The van der Waals surface area contributed by atoms with Gasteiger partial charge in [0.2, 0.25) is 0 Å². The molecule has 0 spiro atoms. The van der Waals surface area contributed by atoms with E-state index in [0.717, 1.165) is 0 Å². The largest absolute Gasteiger partial charge is 0.309 e. The maximum Gasteiger partial charge on any atom is 0.153 e. The van der Waals surface area contributed by atoms with Crippen molar-refractivity contribution in [1.29, 1.82) is 0 Å². The van der Waals surface area contributed by atoms with Gasteiger partial charge < -0.3 is 5.32 Å². The van der Waals surface area contributed by atoms with E-state index in [9.17, 15) is 8.42 Å². The second kappa shape index (κ2) is 5.88. The summed E-state index contributed by atoms with van der Waals surface area (Å²) in [5.41, 5.74) is 1.17. The summed E-state index contributed by atoms with van der Waals surface area (Å²) >= 11 is 2.26. The molecule has 102 valence electrons. The lowest BCUT2D eigenvalue weighted by Gasteiger charge is -2.25. The summed E-state index contributed by atoms with van der Waals surface area (Å²) in [6.07, 6.45) is 1.28. The zero-order valence-electron chi connectivity index (χ0n) is 11.2. The molecule has 1 unspecified atom stereocenters. The van der Waals surface area contributed by atoms with Gasteiger partial charge in [0.1, 0.15) is 0 Å². The fourth-order valence-electron chi connectivity index (χ4n) is 1.40. The van der Waals surface area contributed by atoms with Gasteiger partial charge >= 0.3 is 0 Å². The van der Waals surface area contributed by atoms with Crippen LogP contribution in [0.2, 0.25) is 0 Å². The third kappa shape index (κ3) is 4.20. The predicted octanol–water partition coefficient (Wildman–Crippen LogP) is 2.77. The van der Waals surface area contributed by atoms with E-state index in [1.165, 1.54) is 15.4 Å². The van der Waals surface area contributed by atoms with Crippen molar-refractivity contribution in [2.45, 2.75) is 31.6 Å². The smallest absolute Gasteiger partial charge is 0.153 e. The molecule has 0 fully saturated rings. The van der Waals surface area contributed by atoms with Crippen LogP contribution in [-0.2, 0) is 9.84 Å². The molecule has 0 aliphatic carbocycles. The molecule has 0 amide bonds. The van der Waals surface area contributed by atoms with Gasteiger partial charge in [0.05, 0.1) is 4.75 Å². The molecule has 1 atom stereocenters. The topological polar surface area (TPSA) is 46.2 Å². The van der Waals surface area contributed by atoms with Crippen LogP contribution in [0.5, 0.6) is 0 Å². The van der Waals surface area contributed by atoms with Gasteiger partial charge in [-0.15, -0.1) is 0 Å².